The van der Waals surface area contributed by atoms with Gasteiger partial charge in [0, 0.05) is 41.6 Å². The molecule has 1 aliphatic rings. The van der Waals surface area contributed by atoms with Crippen LogP contribution in [-0.2, 0) is 11.3 Å². The fourth-order valence-corrected chi connectivity index (χ4v) is 4.03. The lowest BCUT2D eigenvalue weighted by atomic mass is 10.2. The Bertz CT molecular complexity index is 1180. The molecule has 0 aliphatic carbocycles. The quantitative estimate of drug-likeness (QED) is 0.466. The van der Waals surface area contributed by atoms with Crippen molar-refractivity contribution in [3.05, 3.63) is 64.8 Å². The fourth-order valence-electron chi connectivity index (χ4n) is 3.91. The summed E-state index contributed by atoms with van der Waals surface area (Å²) < 4.78 is 41.1. The summed E-state index contributed by atoms with van der Waals surface area (Å²) in [5, 5.41) is 6.50. The summed E-state index contributed by atoms with van der Waals surface area (Å²) in [6.07, 6.45) is -4.00. The molecule has 34 heavy (non-hydrogen) atoms. The number of amides is 2. The molecule has 3 N–H and O–H groups in total. The van der Waals surface area contributed by atoms with Crippen molar-refractivity contribution in [3.8, 4) is 5.75 Å². The van der Waals surface area contributed by atoms with Gasteiger partial charge in [0.05, 0.1) is 6.54 Å². The second-order valence-corrected chi connectivity index (χ2v) is 8.51. The van der Waals surface area contributed by atoms with Gasteiger partial charge in [0.25, 0.3) is 5.91 Å². The zero-order valence-electron chi connectivity index (χ0n) is 17.9. The van der Waals surface area contributed by atoms with Gasteiger partial charge >= 0.3 is 6.36 Å². The number of carbonyl (C=O) groups is 2. The molecule has 2 heterocycles. The molecule has 11 heteroatoms. The van der Waals surface area contributed by atoms with E-state index in [0.29, 0.717) is 22.5 Å². The highest BCUT2D eigenvalue weighted by Gasteiger charge is 2.31. The molecule has 0 spiro atoms. The number of hydrogen-bond acceptors (Lipinski definition) is 4. The number of aromatic amines is 1. The minimum atomic E-state index is -4.80. The van der Waals surface area contributed by atoms with Gasteiger partial charge in [-0.1, -0.05) is 23.7 Å². The zero-order valence-corrected chi connectivity index (χ0v) is 18.7. The molecule has 2 amide bonds. The highest BCUT2D eigenvalue weighted by Crippen LogP contribution is 2.27. The summed E-state index contributed by atoms with van der Waals surface area (Å²) in [4.78, 5) is 29.7. The third-order valence-electron chi connectivity index (χ3n) is 5.44. The molecular weight excluding hydrogens is 473 g/mol. The number of ether oxygens (including phenoxy) is 1. The average molecular weight is 495 g/mol. The first-order chi connectivity index (χ1) is 16.1. The fraction of sp³-hybridized carbons (Fsp3) is 0.304. The van der Waals surface area contributed by atoms with Crippen molar-refractivity contribution < 1.29 is 27.5 Å². The predicted molar refractivity (Wildman–Crippen MR) is 121 cm³/mol. The maximum absolute atomic E-state index is 12.4. The molecular formula is C23H22ClF3N4O3. The molecule has 0 radical (unpaired) electrons. The van der Waals surface area contributed by atoms with Gasteiger partial charge in [-0.3, -0.25) is 14.5 Å². The third-order valence-corrected chi connectivity index (χ3v) is 5.69. The summed E-state index contributed by atoms with van der Waals surface area (Å²) in [6.45, 7) is 2.09. The Kier molecular flexibility index (Phi) is 6.99. The molecule has 4 rings (SSSR count). The van der Waals surface area contributed by atoms with Gasteiger partial charge in [0.2, 0.25) is 5.91 Å². The van der Waals surface area contributed by atoms with Crippen LogP contribution in [0.2, 0.25) is 5.02 Å². The second kappa shape index (κ2) is 9.94. The van der Waals surface area contributed by atoms with Crippen molar-refractivity contribution in [1.82, 2.24) is 20.5 Å². The Hall–Kier alpha value is -3.24. The van der Waals surface area contributed by atoms with Gasteiger partial charge in [0.15, 0.2) is 0 Å². The lowest BCUT2D eigenvalue weighted by molar-refractivity contribution is -0.274. The van der Waals surface area contributed by atoms with E-state index in [1.165, 1.54) is 18.2 Å². The van der Waals surface area contributed by atoms with E-state index in [-0.39, 0.29) is 29.9 Å². The number of likely N-dealkylation sites (tertiary alicyclic amines) is 1. The number of alkyl halides is 3. The summed E-state index contributed by atoms with van der Waals surface area (Å²) >= 11 is 5.91. The van der Waals surface area contributed by atoms with Crippen LogP contribution >= 0.6 is 11.6 Å². The Morgan fingerprint density at radius 2 is 1.91 bits per heavy atom. The number of nitrogens with zero attached hydrogens (tertiary/aromatic N) is 1. The van der Waals surface area contributed by atoms with E-state index < -0.39 is 12.3 Å². The monoisotopic (exact) mass is 494 g/mol. The van der Waals surface area contributed by atoms with E-state index in [1.54, 1.807) is 0 Å². The standard InChI is InChI=1S/C23H22ClF3N4O3/c24-16-3-1-14(2-4-16)12-31-8-7-17(13-31)29-21(32)11-28-22(33)20-10-15-9-18(34-23(25,26)27)5-6-19(15)30-20/h1-6,9-10,17,30H,7-8,11-13H2,(H,28,33)(H,29,32)/t17-/m1/s1. The zero-order chi connectivity index (χ0) is 24.3. The van der Waals surface area contributed by atoms with Gasteiger partial charge in [-0.05, 0) is 48.4 Å². The van der Waals surface area contributed by atoms with E-state index in [0.717, 1.165) is 31.1 Å². The second-order valence-electron chi connectivity index (χ2n) is 8.08. The molecule has 0 bridgehead atoms. The van der Waals surface area contributed by atoms with Crippen LogP contribution in [0, 0.1) is 0 Å². The van der Waals surface area contributed by atoms with Crippen LogP contribution in [0.5, 0.6) is 5.75 Å². The van der Waals surface area contributed by atoms with E-state index in [4.69, 9.17) is 11.6 Å². The van der Waals surface area contributed by atoms with E-state index in [1.807, 2.05) is 24.3 Å². The molecule has 1 saturated heterocycles. The lowest BCUT2D eigenvalue weighted by Gasteiger charge is -2.17. The molecule has 1 aromatic heterocycles. The number of carbonyl (C=O) groups excluding carboxylic acids is 2. The van der Waals surface area contributed by atoms with Gasteiger partial charge in [0.1, 0.15) is 11.4 Å². The molecule has 2 aromatic carbocycles. The number of aromatic nitrogens is 1. The molecule has 1 aliphatic heterocycles. The third kappa shape index (κ3) is 6.42. The average Bonchev–Trinajstić information content (AvgIpc) is 3.39. The van der Waals surface area contributed by atoms with Crippen molar-refractivity contribution in [2.75, 3.05) is 19.6 Å². The number of fused-ring (bicyclic) bond motifs is 1. The molecule has 180 valence electrons. The van der Waals surface area contributed by atoms with Crippen LogP contribution in [0.15, 0.2) is 48.5 Å². The van der Waals surface area contributed by atoms with Gasteiger partial charge < -0.3 is 20.4 Å². The topological polar surface area (TPSA) is 86.5 Å². The first-order valence-electron chi connectivity index (χ1n) is 10.6. The summed E-state index contributed by atoms with van der Waals surface area (Å²) in [5.74, 6) is -1.24. The van der Waals surface area contributed by atoms with Gasteiger partial charge in [-0.15, -0.1) is 13.2 Å². The van der Waals surface area contributed by atoms with Crippen LogP contribution in [-0.4, -0.2) is 53.7 Å². The summed E-state index contributed by atoms with van der Waals surface area (Å²) in [5.41, 5.74) is 1.73. The minimum absolute atomic E-state index is 0.0168. The van der Waals surface area contributed by atoms with Gasteiger partial charge in [-0.25, -0.2) is 0 Å². The smallest absolute Gasteiger partial charge is 0.406 e. The van der Waals surface area contributed by atoms with E-state index >= 15 is 0 Å². The van der Waals surface area contributed by atoms with E-state index in [2.05, 4.69) is 25.3 Å². The molecule has 3 aromatic rings. The maximum atomic E-state index is 12.4. The largest absolute Gasteiger partial charge is 0.573 e. The molecule has 7 nitrogen and oxygen atoms in total. The van der Waals surface area contributed by atoms with Gasteiger partial charge in [-0.2, -0.15) is 0 Å². The van der Waals surface area contributed by atoms with Crippen molar-refractivity contribution in [2.45, 2.75) is 25.4 Å². The first-order valence-corrected chi connectivity index (χ1v) is 11.0. The number of benzene rings is 2. The first kappa shape index (κ1) is 23.9. The lowest BCUT2D eigenvalue weighted by Crippen LogP contribution is -2.43. The minimum Gasteiger partial charge on any atom is -0.406 e. The van der Waals surface area contributed by atoms with Crippen LogP contribution in [0.4, 0.5) is 13.2 Å². The van der Waals surface area contributed by atoms with E-state index in [9.17, 15) is 22.8 Å². The number of rotatable bonds is 7. The highest BCUT2D eigenvalue weighted by molar-refractivity contribution is 6.30. The van der Waals surface area contributed by atoms with Crippen molar-refractivity contribution in [3.63, 3.8) is 0 Å². The van der Waals surface area contributed by atoms with Crippen LogP contribution in [0.3, 0.4) is 0 Å². The molecule has 1 fully saturated rings. The summed E-state index contributed by atoms with van der Waals surface area (Å²) in [6, 6.07) is 12.7. The highest BCUT2D eigenvalue weighted by atomic mass is 35.5. The predicted octanol–water partition coefficient (Wildman–Crippen LogP) is 3.84. The molecule has 1 atom stereocenters. The Morgan fingerprint density at radius 3 is 2.65 bits per heavy atom. The Balaban J connectivity index is 1.25. The number of nitrogens with one attached hydrogen (secondary N) is 3. The summed E-state index contributed by atoms with van der Waals surface area (Å²) in [7, 11) is 0. The van der Waals surface area contributed by atoms with Crippen molar-refractivity contribution >= 4 is 34.3 Å². The van der Waals surface area contributed by atoms with Crippen LogP contribution < -0.4 is 15.4 Å². The Morgan fingerprint density at radius 1 is 1.15 bits per heavy atom. The number of halogens is 4. The normalized spacial score (nSPS) is 16.5. The SMILES string of the molecule is O=C(CNC(=O)c1cc2cc(OC(F)(F)F)ccc2[nH]1)N[C@@H]1CCN(Cc2ccc(Cl)cc2)C1. The maximum Gasteiger partial charge on any atom is 0.573 e. The molecule has 0 unspecified atom stereocenters. The van der Waals surface area contributed by atoms with Crippen LogP contribution in [0.1, 0.15) is 22.5 Å². The van der Waals surface area contributed by atoms with Crippen LogP contribution in [0.25, 0.3) is 10.9 Å². The number of hydrogen-bond donors (Lipinski definition) is 3. The molecule has 0 saturated carbocycles. The van der Waals surface area contributed by atoms with Crippen molar-refractivity contribution in [1.29, 1.82) is 0 Å². The number of H-pyrrole nitrogens is 1. The van der Waals surface area contributed by atoms with Crippen molar-refractivity contribution in [2.24, 2.45) is 0 Å². The Labute approximate surface area is 198 Å².